The van der Waals surface area contributed by atoms with Crippen LogP contribution in [0.3, 0.4) is 0 Å². The lowest BCUT2D eigenvalue weighted by Crippen LogP contribution is -2.38. The van der Waals surface area contributed by atoms with Crippen molar-refractivity contribution in [1.29, 1.82) is 0 Å². The van der Waals surface area contributed by atoms with E-state index < -0.39 is 0 Å². The normalized spacial score (nSPS) is 48.8. The summed E-state index contributed by atoms with van der Waals surface area (Å²) in [5.41, 5.74) is 6.90. The van der Waals surface area contributed by atoms with Crippen molar-refractivity contribution in [1.82, 2.24) is 5.32 Å². The number of hydrogen-bond acceptors (Lipinski definition) is 2. The van der Waals surface area contributed by atoms with E-state index in [2.05, 4.69) is 5.32 Å². The van der Waals surface area contributed by atoms with Crippen LogP contribution >= 0.6 is 0 Å². The van der Waals surface area contributed by atoms with Gasteiger partial charge in [-0.25, -0.2) is 0 Å². The first kappa shape index (κ1) is 10.1. The zero-order chi connectivity index (χ0) is 10.5. The Morgan fingerprint density at radius 1 is 1.27 bits per heavy atom. The molecule has 4 aliphatic carbocycles. The predicted molar refractivity (Wildman–Crippen MR) is 62.5 cm³/mol. The molecule has 4 rings (SSSR count). The summed E-state index contributed by atoms with van der Waals surface area (Å²) in [6.07, 6.45) is 8.90. The van der Waals surface area contributed by atoms with Crippen molar-refractivity contribution in [2.45, 2.75) is 44.6 Å². The highest BCUT2D eigenvalue weighted by atomic mass is 14.9. The Balaban J connectivity index is 1.70. The smallest absolute Gasteiger partial charge is 0.0170 e. The number of rotatable bonds is 4. The Labute approximate surface area is 93.0 Å². The van der Waals surface area contributed by atoms with E-state index in [0.29, 0.717) is 11.5 Å². The van der Waals surface area contributed by atoms with Crippen molar-refractivity contribution in [3.63, 3.8) is 0 Å². The topological polar surface area (TPSA) is 38.0 Å². The summed E-state index contributed by atoms with van der Waals surface area (Å²) in [6.45, 7) is 0.990. The Morgan fingerprint density at radius 3 is 2.53 bits per heavy atom. The van der Waals surface area contributed by atoms with Gasteiger partial charge in [-0.15, -0.1) is 0 Å². The van der Waals surface area contributed by atoms with Crippen LogP contribution in [0.15, 0.2) is 0 Å². The maximum atomic E-state index is 6.21. The van der Waals surface area contributed by atoms with E-state index in [1.54, 1.807) is 6.42 Å². The molecule has 2 heteroatoms. The minimum atomic E-state index is 0.382. The van der Waals surface area contributed by atoms with E-state index in [9.17, 15) is 0 Å². The molecule has 0 aromatic carbocycles. The van der Waals surface area contributed by atoms with Crippen LogP contribution in [0, 0.1) is 23.2 Å². The number of hydrogen-bond donors (Lipinski definition) is 2. The van der Waals surface area contributed by atoms with Gasteiger partial charge >= 0.3 is 0 Å². The van der Waals surface area contributed by atoms with Crippen LogP contribution in [0.1, 0.15) is 38.5 Å². The summed E-state index contributed by atoms with van der Waals surface area (Å²) in [7, 11) is 2.01. The van der Waals surface area contributed by atoms with Crippen LogP contribution < -0.4 is 11.1 Å². The molecular weight excluding hydrogens is 184 g/mol. The molecule has 15 heavy (non-hydrogen) atoms. The highest BCUT2D eigenvalue weighted by Crippen LogP contribution is 2.66. The summed E-state index contributed by atoms with van der Waals surface area (Å²) in [4.78, 5) is 0. The molecule has 0 saturated heterocycles. The van der Waals surface area contributed by atoms with Crippen LogP contribution in [0.25, 0.3) is 0 Å². The van der Waals surface area contributed by atoms with Gasteiger partial charge in [0.1, 0.15) is 0 Å². The lowest BCUT2D eigenvalue weighted by atomic mass is 9.72. The zero-order valence-corrected chi connectivity index (χ0v) is 9.84. The fraction of sp³-hybridized carbons (Fsp3) is 1.00. The van der Waals surface area contributed by atoms with Gasteiger partial charge in [0.25, 0.3) is 0 Å². The molecule has 0 amide bonds. The average molecular weight is 208 g/mol. The first-order chi connectivity index (χ1) is 7.22. The second kappa shape index (κ2) is 3.46. The van der Waals surface area contributed by atoms with E-state index >= 15 is 0 Å². The minimum absolute atomic E-state index is 0.382. The fourth-order valence-electron chi connectivity index (χ4n) is 5.15. The lowest BCUT2D eigenvalue weighted by Gasteiger charge is -2.35. The molecule has 0 heterocycles. The van der Waals surface area contributed by atoms with Gasteiger partial charge in [-0.05, 0) is 68.7 Å². The van der Waals surface area contributed by atoms with Crippen LogP contribution in [-0.4, -0.2) is 19.6 Å². The molecule has 86 valence electrons. The third kappa shape index (κ3) is 1.53. The molecule has 0 aromatic rings. The molecule has 2 unspecified atom stereocenters. The Morgan fingerprint density at radius 2 is 1.93 bits per heavy atom. The van der Waals surface area contributed by atoms with E-state index in [4.69, 9.17) is 5.73 Å². The molecule has 0 aromatic heterocycles. The van der Waals surface area contributed by atoms with Gasteiger partial charge in [-0.1, -0.05) is 0 Å². The third-order valence-corrected chi connectivity index (χ3v) is 5.29. The molecule has 0 aliphatic heterocycles. The SMILES string of the molecule is CNC[C@@H](N)CC12CC3CC(CC1C3)C2. The highest BCUT2D eigenvalue weighted by Gasteiger charge is 2.57. The second-order valence-corrected chi connectivity index (χ2v) is 6.43. The van der Waals surface area contributed by atoms with Crippen LogP contribution in [0.2, 0.25) is 0 Å². The Bertz CT molecular complexity index is 237. The first-order valence-corrected chi connectivity index (χ1v) is 6.62. The average Bonchev–Trinajstić information content (AvgIpc) is 2.50. The molecule has 0 spiro atoms. The molecule has 4 aliphatic rings. The van der Waals surface area contributed by atoms with Crippen LogP contribution in [-0.2, 0) is 0 Å². The summed E-state index contributed by atoms with van der Waals surface area (Å²) >= 11 is 0. The Hall–Kier alpha value is -0.0800. The molecule has 3 N–H and O–H groups in total. The van der Waals surface area contributed by atoms with Crippen molar-refractivity contribution in [2.24, 2.45) is 28.9 Å². The molecule has 4 saturated carbocycles. The monoisotopic (exact) mass is 208 g/mol. The third-order valence-electron chi connectivity index (χ3n) is 5.29. The van der Waals surface area contributed by atoms with Gasteiger partial charge in [-0.2, -0.15) is 0 Å². The molecular formula is C13H24N2. The summed E-state index contributed by atoms with van der Waals surface area (Å²) in [6, 6.07) is 0.382. The Kier molecular flexibility index (Phi) is 2.33. The van der Waals surface area contributed by atoms with Gasteiger partial charge in [0.15, 0.2) is 0 Å². The predicted octanol–water partition coefficient (Wildman–Crippen LogP) is 1.75. The van der Waals surface area contributed by atoms with E-state index in [0.717, 1.165) is 24.3 Å². The molecule has 4 bridgehead atoms. The van der Waals surface area contributed by atoms with Gasteiger partial charge in [0.2, 0.25) is 0 Å². The van der Waals surface area contributed by atoms with Gasteiger partial charge in [0, 0.05) is 12.6 Å². The van der Waals surface area contributed by atoms with Crippen molar-refractivity contribution in [2.75, 3.05) is 13.6 Å². The van der Waals surface area contributed by atoms with Crippen molar-refractivity contribution in [3.8, 4) is 0 Å². The molecule has 3 atom stereocenters. The van der Waals surface area contributed by atoms with Gasteiger partial charge in [-0.3, -0.25) is 0 Å². The van der Waals surface area contributed by atoms with Crippen molar-refractivity contribution >= 4 is 0 Å². The van der Waals surface area contributed by atoms with Gasteiger partial charge < -0.3 is 11.1 Å². The number of likely N-dealkylation sites (N-methyl/N-ethyl adjacent to an activating group) is 1. The zero-order valence-electron chi connectivity index (χ0n) is 9.84. The van der Waals surface area contributed by atoms with E-state index in [-0.39, 0.29) is 0 Å². The summed E-state index contributed by atoms with van der Waals surface area (Å²) in [5.74, 6) is 3.19. The van der Waals surface area contributed by atoms with Crippen molar-refractivity contribution < 1.29 is 0 Å². The second-order valence-electron chi connectivity index (χ2n) is 6.43. The molecule has 0 radical (unpaired) electrons. The highest BCUT2D eigenvalue weighted by molar-refractivity contribution is 5.08. The molecule has 4 fully saturated rings. The number of nitrogens with one attached hydrogen (secondary N) is 1. The molecule has 2 nitrogen and oxygen atoms in total. The van der Waals surface area contributed by atoms with E-state index in [1.807, 2.05) is 7.05 Å². The van der Waals surface area contributed by atoms with Crippen LogP contribution in [0.4, 0.5) is 0 Å². The fourth-order valence-corrected chi connectivity index (χ4v) is 5.15. The van der Waals surface area contributed by atoms with E-state index in [1.165, 1.54) is 32.1 Å². The lowest BCUT2D eigenvalue weighted by molar-refractivity contribution is 0.171. The largest absolute Gasteiger partial charge is 0.327 e. The van der Waals surface area contributed by atoms with Gasteiger partial charge in [0.05, 0.1) is 0 Å². The maximum Gasteiger partial charge on any atom is 0.0170 e. The first-order valence-electron chi connectivity index (χ1n) is 6.62. The van der Waals surface area contributed by atoms with Crippen molar-refractivity contribution in [3.05, 3.63) is 0 Å². The quantitative estimate of drug-likeness (QED) is 0.738. The standard InChI is InChI=1S/C13H24N2/c1-15-8-12(14)7-13-5-9-2-10(6-13)4-11(13)3-9/h9-12,15H,2-8,14H2,1H3/t9?,10?,11?,12-,13?/m0/s1. The minimum Gasteiger partial charge on any atom is -0.327 e. The summed E-state index contributed by atoms with van der Waals surface area (Å²) in [5, 5.41) is 3.22. The number of nitrogens with two attached hydrogens (primary N) is 1. The van der Waals surface area contributed by atoms with Crippen LogP contribution in [0.5, 0.6) is 0 Å². The summed E-state index contributed by atoms with van der Waals surface area (Å²) < 4.78 is 0. The maximum absolute atomic E-state index is 6.21.